The molecule has 0 aliphatic rings. The lowest BCUT2D eigenvalue weighted by molar-refractivity contribution is 0.251. The van der Waals surface area contributed by atoms with Gasteiger partial charge in [-0.3, -0.25) is 0 Å². The maximum atomic E-state index is 12.2. The number of aromatic nitrogens is 3. The Morgan fingerprint density at radius 1 is 1.07 bits per heavy atom. The first-order valence-corrected chi connectivity index (χ1v) is 9.07. The normalized spacial score (nSPS) is 10.5. The number of benzene rings is 2. The van der Waals surface area contributed by atoms with Crippen molar-refractivity contribution in [3.05, 3.63) is 71.4 Å². The molecule has 4 aromatic rings. The molecule has 0 saturated heterocycles. The predicted octanol–water partition coefficient (Wildman–Crippen LogP) is 4.18. The number of anilines is 1. The summed E-state index contributed by atoms with van der Waals surface area (Å²) in [7, 11) is 0. The minimum Gasteiger partial charge on any atom is -0.423 e. The van der Waals surface area contributed by atoms with Crippen LogP contribution >= 0.6 is 11.3 Å². The molecule has 0 aliphatic carbocycles. The quantitative estimate of drug-likeness (QED) is 0.544. The molecule has 134 valence electrons. The van der Waals surface area contributed by atoms with Gasteiger partial charge in [-0.25, -0.2) is 9.78 Å². The van der Waals surface area contributed by atoms with Crippen LogP contribution in [0.5, 0.6) is 0 Å². The van der Waals surface area contributed by atoms with Gasteiger partial charge in [0.05, 0.1) is 12.2 Å². The molecule has 0 bridgehead atoms. The van der Waals surface area contributed by atoms with E-state index in [2.05, 4.69) is 25.8 Å². The van der Waals surface area contributed by atoms with Crippen LogP contribution in [0.4, 0.5) is 10.5 Å². The molecule has 7 nitrogen and oxygen atoms in total. The van der Waals surface area contributed by atoms with Gasteiger partial charge in [-0.1, -0.05) is 36.4 Å². The van der Waals surface area contributed by atoms with Gasteiger partial charge >= 0.3 is 6.03 Å². The Kier molecular flexibility index (Phi) is 4.88. The number of hydrogen-bond donors (Lipinski definition) is 2. The molecule has 2 heterocycles. The van der Waals surface area contributed by atoms with Crippen LogP contribution in [-0.4, -0.2) is 21.2 Å². The number of hydrogen-bond acceptors (Lipinski definition) is 6. The topological polar surface area (TPSA) is 92.9 Å². The molecule has 0 atom stereocenters. The van der Waals surface area contributed by atoms with Crippen molar-refractivity contribution in [3.63, 3.8) is 0 Å². The molecular weight excluding hydrogens is 362 g/mol. The van der Waals surface area contributed by atoms with Crippen LogP contribution in [0.25, 0.3) is 22.7 Å². The number of amides is 2. The van der Waals surface area contributed by atoms with E-state index in [0.29, 0.717) is 18.1 Å². The van der Waals surface area contributed by atoms with Gasteiger partial charge in [-0.2, -0.15) is 0 Å². The fourth-order valence-corrected chi connectivity index (χ4v) is 3.24. The van der Waals surface area contributed by atoms with Crippen LogP contribution in [0.15, 0.2) is 70.8 Å². The monoisotopic (exact) mass is 377 g/mol. The van der Waals surface area contributed by atoms with Crippen molar-refractivity contribution in [2.75, 3.05) is 5.32 Å². The van der Waals surface area contributed by atoms with E-state index >= 15 is 0 Å². The van der Waals surface area contributed by atoms with Gasteiger partial charge in [0.1, 0.15) is 5.01 Å². The van der Waals surface area contributed by atoms with Crippen LogP contribution in [0.3, 0.4) is 0 Å². The van der Waals surface area contributed by atoms with Crippen LogP contribution < -0.4 is 10.6 Å². The van der Waals surface area contributed by atoms with Gasteiger partial charge in [-0.15, -0.1) is 21.5 Å². The highest BCUT2D eigenvalue weighted by molar-refractivity contribution is 7.09. The number of urea groups is 1. The molecule has 27 heavy (non-hydrogen) atoms. The van der Waals surface area contributed by atoms with Crippen LogP contribution in [-0.2, 0) is 6.54 Å². The number of rotatable bonds is 5. The van der Waals surface area contributed by atoms with Crippen molar-refractivity contribution < 1.29 is 9.21 Å². The van der Waals surface area contributed by atoms with Gasteiger partial charge < -0.3 is 15.1 Å². The zero-order chi connectivity index (χ0) is 18.5. The molecule has 0 unspecified atom stereocenters. The molecular formula is C19H15N5O2S. The maximum Gasteiger partial charge on any atom is 0.319 e. The third-order valence-electron chi connectivity index (χ3n) is 3.75. The second kappa shape index (κ2) is 7.79. The van der Waals surface area contributed by atoms with E-state index in [1.807, 2.05) is 47.8 Å². The van der Waals surface area contributed by atoms with Crippen molar-refractivity contribution in [1.29, 1.82) is 0 Å². The Balaban J connectivity index is 1.35. The third kappa shape index (κ3) is 4.18. The van der Waals surface area contributed by atoms with E-state index in [1.165, 1.54) is 17.7 Å². The molecule has 2 aromatic heterocycles. The van der Waals surface area contributed by atoms with Crippen molar-refractivity contribution in [1.82, 2.24) is 20.5 Å². The molecule has 0 spiro atoms. The Bertz CT molecular complexity index is 1030. The van der Waals surface area contributed by atoms with Gasteiger partial charge in [0.25, 0.3) is 0 Å². The average molecular weight is 377 g/mol. The first-order chi connectivity index (χ1) is 13.3. The van der Waals surface area contributed by atoms with E-state index in [-0.39, 0.29) is 6.03 Å². The van der Waals surface area contributed by atoms with Crippen LogP contribution in [0.2, 0.25) is 0 Å². The van der Waals surface area contributed by atoms with E-state index < -0.39 is 0 Å². The number of carbonyl (C=O) groups excluding carboxylic acids is 1. The summed E-state index contributed by atoms with van der Waals surface area (Å²) in [6.45, 7) is 0.354. The third-order valence-corrected chi connectivity index (χ3v) is 4.60. The maximum absolute atomic E-state index is 12.2. The smallest absolute Gasteiger partial charge is 0.319 e. The summed E-state index contributed by atoms with van der Waals surface area (Å²) in [5.41, 5.74) is 3.33. The Hall–Kier alpha value is -3.52. The lowest BCUT2D eigenvalue weighted by atomic mass is 10.2. The second-order valence-electron chi connectivity index (χ2n) is 5.62. The van der Waals surface area contributed by atoms with Gasteiger partial charge in [0.2, 0.25) is 12.3 Å². The lowest BCUT2D eigenvalue weighted by Gasteiger charge is -2.07. The molecule has 0 aliphatic heterocycles. The molecule has 0 radical (unpaired) electrons. The first kappa shape index (κ1) is 16.9. The highest BCUT2D eigenvalue weighted by Crippen LogP contribution is 2.22. The highest BCUT2D eigenvalue weighted by atomic mass is 32.1. The standard InChI is InChI=1S/C19H15N5O2S/c25-19(22-15-8-4-7-14(9-15)18-24-21-12-26-18)20-10-17-23-16(11-27-17)13-5-2-1-3-6-13/h1-9,11-12H,10H2,(H2,20,22,25). The molecule has 2 N–H and O–H groups in total. The lowest BCUT2D eigenvalue weighted by Crippen LogP contribution is -2.28. The fourth-order valence-electron chi connectivity index (χ4n) is 2.49. The number of carbonyl (C=O) groups is 1. The average Bonchev–Trinajstić information content (AvgIpc) is 3.40. The van der Waals surface area contributed by atoms with E-state index in [1.54, 1.807) is 12.1 Å². The van der Waals surface area contributed by atoms with Crippen LogP contribution in [0, 0.1) is 0 Å². The first-order valence-electron chi connectivity index (χ1n) is 8.19. The summed E-state index contributed by atoms with van der Waals surface area (Å²) < 4.78 is 5.17. The fraction of sp³-hybridized carbons (Fsp3) is 0.0526. The zero-order valence-electron chi connectivity index (χ0n) is 14.1. The number of thiazole rings is 1. The number of nitrogens with one attached hydrogen (secondary N) is 2. The molecule has 2 aromatic carbocycles. The number of nitrogens with zero attached hydrogens (tertiary/aromatic N) is 3. The van der Waals surface area contributed by atoms with E-state index in [9.17, 15) is 4.79 Å². The van der Waals surface area contributed by atoms with Crippen molar-refractivity contribution >= 4 is 23.1 Å². The minimum atomic E-state index is -0.311. The molecule has 0 saturated carbocycles. The highest BCUT2D eigenvalue weighted by Gasteiger charge is 2.08. The summed E-state index contributed by atoms with van der Waals surface area (Å²) >= 11 is 1.51. The second-order valence-corrected chi connectivity index (χ2v) is 6.57. The molecule has 2 amide bonds. The predicted molar refractivity (Wildman–Crippen MR) is 103 cm³/mol. The van der Waals surface area contributed by atoms with Gasteiger partial charge in [0, 0.05) is 22.2 Å². The van der Waals surface area contributed by atoms with Gasteiger partial charge in [0.15, 0.2) is 0 Å². The summed E-state index contributed by atoms with van der Waals surface area (Å²) in [4.78, 5) is 16.7. The summed E-state index contributed by atoms with van der Waals surface area (Å²) in [6, 6.07) is 16.8. The summed E-state index contributed by atoms with van der Waals surface area (Å²) in [6.07, 6.45) is 1.26. The Morgan fingerprint density at radius 2 is 1.93 bits per heavy atom. The molecule has 4 rings (SSSR count). The minimum absolute atomic E-state index is 0.311. The van der Waals surface area contributed by atoms with Gasteiger partial charge in [-0.05, 0) is 18.2 Å². The SMILES string of the molecule is O=C(NCc1nc(-c2ccccc2)cs1)Nc1cccc(-c2nnco2)c1. The largest absolute Gasteiger partial charge is 0.423 e. The summed E-state index contributed by atoms with van der Waals surface area (Å²) in [5, 5.41) is 15.9. The Morgan fingerprint density at radius 3 is 2.74 bits per heavy atom. The van der Waals surface area contributed by atoms with Crippen molar-refractivity contribution in [2.24, 2.45) is 0 Å². The van der Waals surface area contributed by atoms with E-state index in [4.69, 9.17) is 4.42 Å². The van der Waals surface area contributed by atoms with Crippen LogP contribution in [0.1, 0.15) is 5.01 Å². The molecule has 0 fully saturated rings. The molecule has 8 heteroatoms. The Labute approximate surface area is 159 Å². The van der Waals surface area contributed by atoms with Crippen molar-refractivity contribution in [2.45, 2.75) is 6.54 Å². The van der Waals surface area contributed by atoms with E-state index in [0.717, 1.165) is 21.8 Å². The van der Waals surface area contributed by atoms with Crippen molar-refractivity contribution in [3.8, 4) is 22.7 Å². The summed E-state index contributed by atoms with van der Waals surface area (Å²) in [5.74, 6) is 0.398. The zero-order valence-corrected chi connectivity index (χ0v) is 14.9.